The summed E-state index contributed by atoms with van der Waals surface area (Å²) < 4.78 is 28.2. The monoisotopic (exact) mass is 453 g/mol. The Labute approximate surface area is 154 Å². The van der Waals surface area contributed by atoms with Crippen LogP contribution in [0.4, 0.5) is 0 Å². The van der Waals surface area contributed by atoms with Crippen LogP contribution in [0.15, 0.2) is 41.6 Å². The zero-order valence-corrected chi connectivity index (χ0v) is 16.1. The maximum Gasteiger partial charge on any atom is 0.269 e. The first-order chi connectivity index (χ1) is 11.5. The second kappa shape index (κ2) is 5.80. The van der Waals surface area contributed by atoms with Crippen molar-refractivity contribution in [2.24, 2.45) is 0 Å². The Morgan fingerprint density at radius 1 is 1.21 bits per heavy atom. The fourth-order valence-corrected chi connectivity index (χ4v) is 4.99. The van der Waals surface area contributed by atoms with E-state index in [0.29, 0.717) is 11.6 Å². The average Bonchev–Trinajstić information content (AvgIpc) is 2.83. The summed E-state index contributed by atoms with van der Waals surface area (Å²) in [4.78, 5) is 9.31. The fourth-order valence-electron chi connectivity index (χ4n) is 2.83. The number of fused-ring (bicyclic) bond motifs is 1. The summed E-state index contributed by atoms with van der Waals surface area (Å²) in [7, 11) is -3.67. The number of hydrogen-bond donors (Lipinski definition) is 0. The summed E-state index contributed by atoms with van der Waals surface area (Å²) in [6, 6.07) is 6.88. The van der Waals surface area contributed by atoms with Crippen molar-refractivity contribution in [1.82, 2.24) is 13.9 Å². The molecular formula is C17H16IN3O2S. The molecule has 0 spiro atoms. The number of aromatic nitrogens is 3. The summed E-state index contributed by atoms with van der Waals surface area (Å²) in [6.07, 6.45) is 6.72. The molecular weight excluding hydrogens is 437 g/mol. The largest absolute Gasteiger partial charge is 0.269 e. The summed E-state index contributed by atoms with van der Waals surface area (Å²) in [5, 5.41) is 0.773. The first-order valence-electron chi connectivity index (χ1n) is 7.82. The highest BCUT2D eigenvalue weighted by Gasteiger charge is 2.26. The molecule has 0 bridgehead atoms. The van der Waals surface area contributed by atoms with E-state index in [-0.39, 0.29) is 4.90 Å². The van der Waals surface area contributed by atoms with E-state index >= 15 is 0 Å². The second-order valence-electron chi connectivity index (χ2n) is 6.18. The zero-order chi connectivity index (χ0) is 16.9. The number of rotatable bonds is 3. The summed E-state index contributed by atoms with van der Waals surface area (Å²) in [5.41, 5.74) is 1.49. The van der Waals surface area contributed by atoms with Gasteiger partial charge in [-0.3, -0.25) is 0 Å². The highest BCUT2D eigenvalue weighted by atomic mass is 127. The highest BCUT2D eigenvalue weighted by molar-refractivity contribution is 14.1. The molecule has 0 saturated heterocycles. The maximum atomic E-state index is 13.0. The molecule has 1 aliphatic rings. The van der Waals surface area contributed by atoms with Crippen LogP contribution in [0.1, 0.15) is 36.6 Å². The van der Waals surface area contributed by atoms with Crippen LogP contribution >= 0.6 is 22.6 Å². The van der Waals surface area contributed by atoms with Gasteiger partial charge < -0.3 is 0 Å². The third-order valence-corrected chi connectivity index (χ3v) is 7.06. The zero-order valence-electron chi connectivity index (χ0n) is 13.1. The van der Waals surface area contributed by atoms with Gasteiger partial charge in [-0.1, -0.05) is 24.1 Å². The van der Waals surface area contributed by atoms with Crippen molar-refractivity contribution in [3.8, 4) is 0 Å². The molecule has 1 saturated carbocycles. The number of aryl methyl sites for hydroxylation is 1. The van der Waals surface area contributed by atoms with Gasteiger partial charge in [-0.05, 0) is 54.5 Å². The van der Waals surface area contributed by atoms with Crippen LogP contribution in [0.3, 0.4) is 0 Å². The van der Waals surface area contributed by atoms with E-state index in [2.05, 4.69) is 32.6 Å². The summed E-state index contributed by atoms with van der Waals surface area (Å²) in [6.45, 7) is 1.93. The minimum atomic E-state index is -3.67. The van der Waals surface area contributed by atoms with Crippen LogP contribution in [0.5, 0.6) is 0 Å². The van der Waals surface area contributed by atoms with Gasteiger partial charge >= 0.3 is 0 Å². The van der Waals surface area contributed by atoms with Crippen molar-refractivity contribution in [3.05, 3.63) is 51.6 Å². The quantitative estimate of drug-likeness (QED) is 0.566. The number of hydrogen-bond acceptors (Lipinski definition) is 4. The molecule has 3 aromatic rings. The molecule has 4 rings (SSSR count). The van der Waals surface area contributed by atoms with E-state index in [9.17, 15) is 8.42 Å². The molecule has 1 aliphatic carbocycles. The SMILES string of the molecule is Cc1ccc(S(=O)(=O)n2cc(I)c3cnc(C4CCC4)nc32)cc1. The lowest BCUT2D eigenvalue weighted by Gasteiger charge is -2.23. The number of benzene rings is 1. The van der Waals surface area contributed by atoms with Crippen molar-refractivity contribution in [2.75, 3.05) is 0 Å². The minimum absolute atomic E-state index is 0.269. The van der Waals surface area contributed by atoms with E-state index in [1.54, 1.807) is 36.7 Å². The Morgan fingerprint density at radius 2 is 1.92 bits per heavy atom. The third kappa shape index (κ3) is 2.54. The molecule has 0 aliphatic heterocycles. The molecule has 2 aromatic heterocycles. The van der Waals surface area contributed by atoms with Crippen molar-refractivity contribution in [1.29, 1.82) is 0 Å². The van der Waals surface area contributed by atoms with Gasteiger partial charge in [0.1, 0.15) is 5.82 Å². The van der Waals surface area contributed by atoms with Gasteiger partial charge in [-0.15, -0.1) is 0 Å². The first kappa shape index (κ1) is 16.0. The first-order valence-corrected chi connectivity index (χ1v) is 10.3. The molecule has 2 heterocycles. The Balaban J connectivity index is 1.90. The van der Waals surface area contributed by atoms with Gasteiger partial charge in [-0.2, -0.15) is 0 Å². The Hall–Kier alpha value is -1.48. The molecule has 24 heavy (non-hydrogen) atoms. The van der Waals surface area contributed by atoms with E-state index in [0.717, 1.165) is 33.2 Å². The smallest absolute Gasteiger partial charge is 0.240 e. The molecule has 7 heteroatoms. The Morgan fingerprint density at radius 3 is 2.54 bits per heavy atom. The lowest BCUT2D eigenvalue weighted by atomic mass is 9.85. The number of halogens is 1. The minimum Gasteiger partial charge on any atom is -0.240 e. The Bertz CT molecular complexity index is 1020. The van der Waals surface area contributed by atoms with Crippen molar-refractivity contribution in [3.63, 3.8) is 0 Å². The van der Waals surface area contributed by atoms with Gasteiger partial charge in [0.2, 0.25) is 0 Å². The van der Waals surface area contributed by atoms with E-state index in [1.807, 2.05) is 6.92 Å². The Kier molecular flexibility index (Phi) is 3.87. The van der Waals surface area contributed by atoms with Crippen LogP contribution in [-0.4, -0.2) is 22.4 Å². The van der Waals surface area contributed by atoms with Gasteiger partial charge in [-0.25, -0.2) is 22.4 Å². The molecule has 1 fully saturated rings. The molecule has 0 unspecified atom stereocenters. The number of nitrogens with zero attached hydrogens (tertiary/aromatic N) is 3. The van der Waals surface area contributed by atoms with Crippen LogP contribution in [0.2, 0.25) is 0 Å². The molecule has 0 radical (unpaired) electrons. The lowest BCUT2D eigenvalue weighted by Crippen LogP contribution is -2.15. The summed E-state index contributed by atoms with van der Waals surface area (Å²) >= 11 is 2.13. The molecule has 0 amide bonds. The normalized spacial score (nSPS) is 15.6. The predicted molar refractivity (Wildman–Crippen MR) is 101 cm³/mol. The van der Waals surface area contributed by atoms with Crippen molar-refractivity contribution < 1.29 is 8.42 Å². The third-order valence-electron chi connectivity index (χ3n) is 4.53. The molecule has 1 aromatic carbocycles. The van der Waals surface area contributed by atoms with E-state index in [1.165, 1.54) is 10.4 Å². The van der Waals surface area contributed by atoms with Gasteiger partial charge in [0.05, 0.1) is 10.3 Å². The maximum absolute atomic E-state index is 13.0. The lowest BCUT2D eigenvalue weighted by molar-refractivity contribution is 0.402. The van der Waals surface area contributed by atoms with Crippen LogP contribution in [0.25, 0.3) is 11.0 Å². The summed E-state index contributed by atoms with van der Waals surface area (Å²) in [5.74, 6) is 1.11. The van der Waals surface area contributed by atoms with E-state index in [4.69, 9.17) is 0 Å². The topological polar surface area (TPSA) is 64.8 Å². The van der Waals surface area contributed by atoms with Crippen molar-refractivity contribution in [2.45, 2.75) is 37.0 Å². The molecule has 124 valence electrons. The molecule has 0 N–H and O–H groups in total. The van der Waals surface area contributed by atoms with E-state index < -0.39 is 10.0 Å². The van der Waals surface area contributed by atoms with Crippen LogP contribution < -0.4 is 0 Å². The van der Waals surface area contributed by atoms with Crippen LogP contribution in [0, 0.1) is 10.5 Å². The van der Waals surface area contributed by atoms with Gasteiger partial charge in [0.25, 0.3) is 10.0 Å². The highest BCUT2D eigenvalue weighted by Crippen LogP contribution is 2.35. The van der Waals surface area contributed by atoms with Gasteiger partial charge in [0, 0.05) is 21.9 Å². The molecule has 5 nitrogen and oxygen atoms in total. The fraction of sp³-hybridized carbons (Fsp3) is 0.294. The predicted octanol–water partition coefficient (Wildman–Crippen LogP) is 3.85. The standard InChI is InChI=1S/C17H16IN3O2S/c1-11-5-7-13(8-6-11)24(22,23)21-10-15(18)14-9-19-16(20-17(14)21)12-3-2-4-12/h5-10,12H,2-4H2,1H3. The average molecular weight is 453 g/mol. The van der Waals surface area contributed by atoms with Gasteiger partial charge in [0.15, 0.2) is 5.65 Å². The second-order valence-corrected chi connectivity index (χ2v) is 9.16. The van der Waals surface area contributed by atoms with Crippen molar-refractivity contribution >= 4 is 43.6 Å². The van der Waals surface area contributed by atoms with Crippen LogP contribution in [-0.2, 0) is 10.0 Å². The molecule has 0 atom stereocenters.